The van der Waals surface area contributed by atoms with Crippen molar-refractivity contribution < 1.29 is 52.7 Å². The molecule has 0 bridgehead atoms. The molecule has 0 saturated heterocycles. The SMILES string of the molecule is CNc1[c-]cc(C(C)(C)c2nnc(SCc3c(F)cc(S(=O)(=O)Nc4nccs4)cc3F)n2-c2ccc(F)cc2)cc1.[CH3-].[U+2]. The van der Waals surface area contributed by atoms with Gasteiger partial charge in [0.1, 0.15) is 23.3 Å². The Hall–Kier alpha value is -2.83. The molecule has 0 unspecified atom stereocenters. The zero-order valence-electron chi connectivity index (χ0n) is 24.0. The van der Waals surface area contributed by atoms with Crippen molar-refractivity contribution in [2.75, 3.05) is 17.1 Å². The van der Waals surface area contributed by atoms with Gasteiger partial charge in [0.2, 0.25) is 0 Å². The van der Waals surface area contributed by atoms with E-state index in [0.717, 1.165) is 46.5 Å². The molecule has 0 atom stereocenters. The number of sulfonamides is 1. The van der Waals surface area contributed by atoms with Gasteiger partial charge < -0.3 is 12.7 Å². The van der Waals surface area contributed by atoms with Gasteiger partial charge in [-0.3, -0.25) is 9.29 Å². The summed E-state index contributed by atoms with van der Waals surface area (Å²) >= 11 is 2.04. The Bertz CT molecular complexity index is 1790. The Morgan fingerprint density at radius 1 is 1.05 bits per heavy atom. The number of anilines is 2. The van der Waals surface area contributed by atoms with E-state index in [2.05, 4.69) is 31.3 Å². The van der Waals surface area contributed by atoms with Crippen LogP contribution in [0.2, 0.25) is 0 Å². The van der Waals surface area contributed by atoms with Crippen molar-refractivity contribution in [3.05, 3.63) is 114 Å². The number of nitrogens with one attached hydrogen (secondary N) is 2. The summed E-state index contributed by atoms with van der Waals surface area (Å²) in [6.45, 7) is 3.90. The summed E-state index contributed by atoms with van der Waals surface area (Å²) in [6.07, 6.45) is 1.40. The first-order valence-electron chi connectivity index (χ1n) is 12.4. The van der Waals surface area contributed by atoms with Gasteiger partial charge in [-0.15, -0.1) is 33.2 Å². The van der Waals surface area contributed by atoms with Crippen LogP contribution in [0.4, 0.5) is 24.0 Å². The van der Waals surface area contributed by atoms with E-state index in [1.807, 2.05) is 32.0 Å². The van der Waals surface area contributed by atoms with Gasteiger partial charge in [-0.05, 0) is 36.4 Å². The molecule has 0 radical (unpaired) electrons. The van der Waals surface area contributed by atoms with Crippen LogP contribution >= 0.6 is 23.1 Å². The molecule has 0 aliphatic heterocycles. The first-order chi connectivity index (χ1) is 20.0. The van der Waals surface area contributed by atoms with E-state index < -0.39 is 37.8 Å². The fourth-order valence-corrected chi connectivity index (χ4v) is 6.93. The Morgan fingerprint density at radius 2 is 1.73 bits per heavy atom. The van der Waals surface area contributed by atoms with Gasteiger partial charge in [-0.25, -0.2) is 26.6 Å². The molecule has 5 aromatic rings. The van der Waals surface area contributed by atoms with E-state index >= 15 is 8.78 Å². The fraction of sp³-hybridized carbons (Fsp3) is 0.172. The van der Waals surface area contributed by atoms with E-state index in [9.17, 15) is 12.8 Å². The molecule has 0 saturated carbocycles. The summed E-state index contributed by atoms with van der Waals surface area (Å²) in [5, 5.41) is 13.7. The standard InChI is InChI=1S/C28H24F3N6O2S3.CH3.U/c1-28(2,17-4-8-19(32-3)9-5-17)25-34-35-27(37(25)20-10-6-18(29)7-11-20)41-16-22-23(30)14-21(15-24(22)31)42(38,39)36-26-33-12-13-40-26;;/h4-8,10-15,32H,16H2,1-3H3,(H,33,36);1H3;/q2*-1;+2. The Kier molecular flexibility index (Phi) is 11.8. The zero-order chi connectivity index (χ0) is 30.1. The van der Waals surface area contributed by atoms with Crippen molar-refractivity contribution >= 4 is 43.9 Å². The van der Waals surface area contributed by atoms with Crippen molar-refractivity contribution in [3.8, 4) is 5.69 Å². The molecule has 0 aliphatic rings. The fourth-order valence-electron chi connectivity index (χ4n) is 4.15. The van der Waals surface area contributed by atoms with Crippen LogP contribution in [-0.4, -0.2) is 35.2 Å². The summed E-state index contributed by atoms with van der Waals surface area (Å²) in [5.74, 6) is -2.20. The van der Waals surface area contributed by atoms with E-state index in [1.165, 1.54) is 18.3 Å². The number of hydrogen-bond donors (Lipinski definition) is 2. The summed E-state index contributed by atoms with van der Waals surface area (Å²) in [5.41, 5.74) is 1.22. The number of aromatic nitrogens is 4. The van der Waals surface area contributed by atoms with Crippen LogP contribution in [0.25, 0.3) is 5.69 Å². The van der Waals surface area contributed by atoms with Crippen molar-refractivity contribution in [2.24, 2.45) is 0 Å². The third-order valence-corrected chi connectivity index (χ3v) is 9.60. The first-order valence-corrected chi connectivity index (χ1v) is 15.8. The van der Waals surface area contributed by atoms with Crippen molar-refractivity contribution in [3.63, 3.8) is 0 Å². The molecule has 228 valence electrons. The predicted octanol–water partition coefficient (Wildman–Crippen LogP) is 6.85. The van der Waals surface area contributed by atoms with Gasteiger partial charge in [0.25, 0.3) is 10.0 Å². The number of benzene rings is 3. The van der Waals surface area contributed by atoms with Crippen LogP contribution in [0.15, 0.2) is 76.2 Å². The second-order valence-electron chi connectivity index (χ2n) is 9.58. The van der Waals surface area contributed by atoms with Crippen molar-refractivity contribution in [1.82, 2.24) is 19.7 Å². The minimum absolute atomic E-state index is 0. The molecule has 15 heteroatoms. The summed E-state index contributed by atoms with van der Waals surface area (Å²) in [6, 6.07) is 16.1. The molecule has 2 aromatic heterocycles. The number of thiazole rings is 1. The normalized spacial score (nSPS) is 11.4. The van der Waals surface area contributed by atoms with Gasteiger partial charge in [0.05, 0.1) is 4.90 Å². The Morgan fingerprint density at radius 3 is 2.30 bits per heavy atom. The second kappa shape index (κ2) is 14.5. The van der Waals surface area contributed by atoms with E-state index in [-0.39, 0.29) is 55.0 Å². The molecule has 3 aromatic carbocycles. The summed E-state index contributed by atoms with van der Waals surface area (Å²) in [4.78, 5) is 3.26. The topological polar surface area (TPSA) is 102 Å². The van der Waals surface area contributed by atoms with E-state index in [0.29, 0.717) is 16.7 Å². The van der Waals surface area contributed by atoms with Crippen LogP contribution in [0.1, 0.15) is 30.8 Å². The second-order valence-corrected chi connectivity index (χ2v) is 13.1. The van der Waals surface area contributed by atoms with Crippen molar-refractivity contribution in [1.29, 1.82) is 0 Å². The molecule has 0 spiro atoms. The predicted molar refractivity (Wildman–Crippen MR) is 164 cm³/mol. The maximum absolute atomic E-state index is 15.1. The molecule has 0 aliphatic carbocycles. The van der Waals surface area contributed by atoms with Crippen LogP contribution in [0, 0.1) is 62.1 Å². The third-order valence-electron chi connectivity index (χ3n) is 6.51. The minimum Gasteiger partial charge on any atom is -0.410 e. The van der Waals surface area contributed by atoms with Crippen LogP contribution in [0.3, 0.4) is 0 Å². The number of halogens is 3. The molecule has 5 rings (SSSR count). The molecular formula is C29H27F3N6O2S3U. The molecule has 2 heterocycles. The summed E-state index contributed by atoms with van der Waals surface area (Å²) in [7, 11) is -2.46. The Labute approximate surface area is 286 Å². The average molecular weight is 883 g/mol. The van der Waals surface area contributed by atoms with Crippen LogP contribution < -0.4 is 10.0 Å². The van der Waals surface area contributed by atoms with Gasteiger partial charge >= 0.3 is 31.1 Å². The molecule has 0 amide bonds. The third kappa shape index (κ3) is 7.51. The molecule has 2 N–H and O–H groups in total. The van der Waals surface area contributed by atoms with Gasteiger partial charge in [-0.1, -0.05) is 31.3 Å². The monoisotopic (exact) mass is 882 g/mol. The maximum Gasteiger partial charge on any atom is 2.00 e. The largest absolute Gasteiger partial charge is 2.00 e. The number of hydrogen-bond acceptors (Lipinski definition) is 8. The van der Waals surface area contributed by atoms with Gasteiger partial charge in [-0.2, -0.15) is 18.2 Å². The molecule has 44 heavy (non-hydrogen) atoms. The number of nitrogens with zero attached hydrogens (tertiary/aromatic N) is 4. The smallest absolute Gasteiger partial charge is 0.410 e. The number of rotatable bonds is 10. The quantitative estimate of drug-likeness (QED) is 0.117. The van der Waals surface area contributed by atoms with Gasteiger partial charge in [0.15, 0.2) is 10.3 Å². The van der Waals surface area contributed by atoms with Gasteiger partial charge in [0, 0.05) is 41.0 Å². The van der Waals surface area contributed by atoms with Crippen molar-refractivity contribution in [2.45, 2.75) is 35.1 Å². The average Bonchev–Trinajstić information content (AvgIpc) is 3.63. The maximum atomic E-state index is 15.1. The van der Waals surface area contributed by atoms with E-state index in [4.69, 9.17) is 0 Å². The molecule has 8 nitrogen and oxygen atoms in total. The number of thioether (sulfide) groups is 1. The van der Waals surface area contributed by atoms with E-state index in [1.54, 1.807) is 29.1 Å². The first kappa shape index (κ1) is 35.6. The zero-order valence-corrected chi connectivity index (χ0v) is 30.6. The molecular weight excluding hydrogens is 856 g/mol. The van der Waals surface area contributed by atoms with Crippen LogP contribution in [-0.2, 0) is 21.2 Å². The Balaban J connectivity index is 0.00000264. The minimum atomic E-state index is -4.25. The molecule has 0 fully saturated rings. The summed E-state index contributed by atoms with van der Waals surface area (Å²) < 4.78 is 73.2. The van der Waals surface area contributed by atoms with Crippen LogP contribution in [0.5, 0.6) is 0 Å².